The van der Waals surface area contributed by atoms with Crippen LogP contribution in [0.4, 0.5) is 0 Å². The quantitative estimate of drug-likeness (QED) is 0.884. The molecule has 23 heavy (non-hydrogen) atoms. The Hall–Kier alpha value is -1.29. The lowest BCUT2D eigenvalue weighted by Crippen LogP contribution is -2.33. The van der Waals surface area contributed by atoms with Gasteiger partial charge < -0.3 is 4.74 Å². The first kappa shape index (κ1) is 16.6. The van der Waals surface area contributed by atoms with Gasteiger partial charge >= 0.3 is 0 Å². The average Bonchev–Trinajstić information content (AvgIpc) is 3.02. The molecule has 0 aromatic carbocycles. The van der Waals surface area contributed by atoms with Crippen LogP contribution in [-0.2, 0) is 27.9 Å². The van der Waals surface area contributed by atoms with E-state index < -0.39 is 10.0 Å². The van der Waals surface area contributed by atoms with Crippen molar-refractivity contribution >= 4 is 21.4 Å². The molecule has 0 saturated heterocycles. The van der Waals surface area contributed by atoms with Gasteiger partial charge in [-0.15, -0.1) is 11.3 Å². The summed E-state index contributed by atoms with van der Waals surface area (Å²) in [6.45, 7) is 4.81. The molecule has 0 fully saturated rings. The molecule has 0 unspecified atom stereocenters. The van der Waals surface area contributed by atoms with E-state index in [1.807, 2.05) is 13.8 Å². The van der Waals surface area contributed by atoms with Crippen LogP contribution >= 0.6 is 11.3 Å². The van der Waals surface area contributed by atoms with Gasteiger partial charge in [0.2, 0.25) is 10.0 Å². The van der Waals surface area contributed by atoms with Crippen LogP contribution in [0.2, 0.25) is 0 Å². The van der Waals surface area contributed by atoms with Crippen LogP contribution in [0, 0.1) is 13.8 Å². The van der Waals surface area contributed by atoms with Crippen LogP contribution in [0.3, 0.4) is 0 Å². The summed E-state index contributed by atoms with van der Waals surface area (Å²) in [7, 11) is -1.98. The fourth-order valence-corrected chi connectivity index (χ4v) is 5.61. The summed E-state index contributed by atoms with van der Waals surface area (Å²) < 4.78 is 35.0. The third-order valence-corrected chi connectivity index (χ3v) is 6.47. The summed E-state index contributed by atoms with van der Waals surface area (Å²) in [4.78, 5) is 6.57. The van der Waals surface area contributed by atoms with Gasteiger partial charge in [0.1, 0.15) is 12.4 Å². The first-order chi connectivity index (χ1) is 10.9. The largest absolute Gasteiger partial charge is 0.377 e. The minimum atomic E-state index is -3.57. The van der Waals surface area contributed by atoms with Gasteiger partial charge in [0, 0.05) is 23.4 Å². The van der Waals surface area contributed by atoms with Gasteiger partial charge in [0.25, 0.3) is 0 Å². The first-order valence-corrected chi connectivity index (χ1v) is 9.72. The van der Waals surface area contributed by atoms with Crippen molar-refractivity contribution < 1.29 is 13.2 Å². The van der Waals surface area contributed by atoms with E-state index in [-0.39, 0.29) is 6.04 Å². The van der Waals surface area contributed by atoms with E-state index >= 15 is 0 Å². The molecule has 3 rings (SSSR count). The van der Waals surface area contributed by atoms with Crippen LogP contribution in [0.25, 0.3) is 0 Å². The molecule has 1 aliphatic rings. The fraction of sp³-hybridized carbons (Fsp3) is 0.571. The standard InChI is InChI=1S/C14H20N4O3S2/c1-9-7-12(10(2)22-9)23(19,20)17-11-5-4-6-18-14(11)15-13(16-18)8-21-3/h7,11,17H,4-6,8H2,1-3H3/t11-/m0/s1. The molecule has 9 heteroatoms. The minimum absolute atomic E-state index is 0.322. The summed E-state index contributed by atoms with van der Waals surface area (Å²) in [5.41, 5.74) is 0. The molecule has 7 nitrogen and oxygen atoms in total. The Balaban J connectivity index is 1.88. The second kappa shape index (κ2) is 6.31. The smallest absolute Gasteiger partial charge is 0.242 e. The van der Waals surface area contributed by atoms with E-state index in [1.54, 1.807) is 17.9 Å². The Labute approximate surface area is 139 Å². The highest BCUT2D eigenvalue weighted by atomic mass is 32.2. The number of hydrogen-bond acceptors (Lipinski definition) is 6. The molecule has 1 N–H and O–H groups in total. The topological polar surface area (TPSA) is 86.1 Å². The van der Waals surface area contributed by atoms with Gasteiger partial charge in [0.05, 0.1) is 10.9 Å². The molecular weight excluding hydrogens is 336 g/mol. The molecule has 1 atom stereocenters. The van der Waals surface area contributed by atoms with Crippen LogP contribution < -0.4 is 4.72 Å². The second-order valence-electron chi connectivity index (χ2n) is 5.64. The fourth-order valence-electron chi connectivity index (χ4n) is 2.83. The Morgan fingerprint density at radius 1 is 1.48 bits per heavy atom. The number of aryl methyl sites for hydroxylation is 3. The molecule has 0 aliphatic carbocycles. The van der Waals surface area contributed by atoms with Crippen molar-refractivity contribution in [2.24, 2.45) is 0 Å². The lowest BCUT2D eigenvalue weighted by atomic mass is 10.1. The highest BCUT2D eigenvalue weighted by molar-refractivity contribution is 7.89. The third-order valence-electron chi connectivity index (χ3n) is 3.77. The maximum absolute atomic E-state index is 12.7. The van der Waals surface area contributed by atoms with Gasteiger partial charge in [-0.25, -0.2) is 22.8 Å². The van der Waals surface area contributed by atoms with Gasteiger partial charge in [-0.1, -0.05) is 0 Å². The molecule has 1 aliphatic heterocycles. The number of fused-ring (bicyclic) bond motifs is 1. The van der Waals surface area contributed by atoms with Crippen molar-refractivity contribution in [3.8, 4) is 0 Å². The minimum Gasteiger partial charge on any atom is -0.377 e. The summed E-state index contributed by atoms with van der Waals surface area (Å²) in [6, 6.07) is 1.36. The normalized spacial score (nSPS) is 18.1. The zero-order valence-corrected chi connectivity index (χ0v) is 15.0. The van der Waals surface area contributed by atoms with Gasteiger partial charge in [0.15, 0.2) is 5.82 Å². The number of rotatable bonds is 5. The number of hydrogen-bond donors (Lipinski definition) is 1. The van der Waals surface area contributed by atoms with E-state index in [0.717, 1.165) is 22.7 Å². The zero-order valence-electron chi connectivity index (χ0n) is 13.4. The van der Waals surface area contributed by atoms with Crippen molar-refractivity contribution in [2.75, 3.05) is 7.11 Å². The van der Waals surface area contributed by atoms with Crippen LogP contribution in [0.5, 0.6) is 0 Å². The van der Waals surface area contributed by atoms with Crippen molar-refractivity contribution in [1.29, 1.82) is 0 Å². The number of nitrogens with zero attached hydrogens (tertiary/aromatic N) is 3. The highest BCUT2D eigenvalue weighted by Crippen LogP contribution is 2.29. The molecule has 2 aromatic heterocycles. The van der Waals surface area contributed by atoms with E-state index in [1.165, 1.54) is 11.3 Å². The van der Waals surface area contributed by atoms with Crippen LogP contribution in [-0.4, -0.2) is 30.3 Å². The summed E-state index contributed by atoms with van der Waals surface area (Å²) >= 11 is 1.49. The van der Waals surface area contributed by atoms with E-state index in [4.69, 9.17) is 4.74 Å². The Bertz CT molecular complexity index is 810. The van der Waals surface area contributed by atoms with E-state index in [2.05, 4.69) is 14.8 Å². The monoisotopic (exact) mass is 356 g/mol. The maximum Gasteiger partial charge on any atom is 0.242 e. The molecule has 0 spiro atoms. The number of methoxy groups -OCH3 is 1. The van der Waals surface area contributed by atoms with E-state index in [0.29, 0.717) is 29.6 Å². The predicted molar refractivity (Wildman–Crippen MR) is 86.8 cm³/mol. The second-order valence-corrected chi connectivity index (χ2v) is 8.78. The number of ether oxygens (including phenoxy) is 1. The van der Waals surface area contributed by atoms with Crippen molar-refractivity contribution in [3.63, 3.8) is 0 Å². The predicted octanol–water partition coefficient (Wildman–Crippen LogP) is 1.92. The zero-order chi connectivity index (χ0) is 16.6. The first-order valence-electron chi connectivity index (χ1n) is 7.42. The molecule has 2 aromatic rings. The van der Waals surface area contributed by atoms with Crippen LogP contribution in [0.15, 0.2) is 11.0 Å². The Morgan fingerprint density at radius 2 is 2.26 bits per heavy atom. The maximum atomic E-state index is 12.7. The summed E-state index contributed by atoms with van der Waals surface area (Å²) in [6.07, 6.45) is 1.57. The van der Waals surface area contributed by atoms with Crippen molar-refractivity contribution in [1.82, 2.24) is 19.5 Å². The van der Waals surface area contributed by atoms with E-state index in [9.17, 15) is 8.42 Å². The molecule has 0 bridgehead atoms. The van der Waals surface area contributed by atoms with Gasteiger partial charge in [-0.05, 0) is 32.8 Å². The Morgan fingerprint density at radius 3 is 2.91 bits per heavy atom. The average molecular weight is 356 g/mol. The molecule has 3 heterocycles. The molecule has 0 amide bonds. The number of aromatic nitrogens is 3. The van der Waals surface area contributed by atoms with Crippen LogP contribution in [0.1, 0.15) is 40.3 Å². The molecule has 0 saturated carbocycles. The van der Waals surface area contributed by atoms with Crippen molar-refractivity contribution in [2.45, 2.75) is 50.8 Å². The molecule has 0 radical (unpaired) electrons. The summed E-state index contributed by atoms with van der Waals surface area (Å²) in [5, 5.41) is 4.36. The molecular formula is C14H20N4O3S2. The van der Waals surface area contributed by atoms with Gasteiger partial charge in [-0.3, -0.25) is 0 Å². The van der Waals surface area contributed by atoms with Gasteiger partial charge in [-0.2, -0.15) is 5.10 Å². The number of sulfonamides is 1. The lowest BCUT2D eigenvalue weighted by molar-refractivity contribution is 0.177. The third kappa shape index (κ3) is 3.32. The number of nitrogens with one attached hydrogen (secondary N) is 1. The van der Waals surface area contributed by atoms with Crippen molar-refractivity contribution in [3.05, 3.63) is 27.5 Å². The Kier molecular flexibility index (Phi) is 4.54. The lowest BCUT2D eigenvalue weighted by Gasteiger charge is -2.22. The molecule has 126 valence electrons. The SMILES string of the molecule is COCc1nc2n(n1)CCC[C@@H]2NS(=O)(=O)c1cc(C)sc1C. The summed E-state index contributed by atoms with van der Waals surface area (Å²) in [5.74, 6) is 1.24. The highest BCUT2D eigenvalue weighted by Gasteiger charge is 2.30. The number of thiophene rings is 1.